The summed E-state index contributed by atoms with van der Waals surface area (Å²) in [6.07, 6.45) is 0.909. The van der Waals surface area contributed by atoms with Crippen LogP contribution in [-0.2, 0) is 44.7 Å². The lowest BCUT2D eigenvalue weighted by Crippen LogP contribution is -2.35. The third-order valence-electron chi connectivity index (χ3n) is 6.79. The van der Waals surface area contributed by atoms with Crippen molar-refractivity contribution in [3.8, 4) is 11.8 Å². The minimum Gasteiger partial charge on any atom is -0.481 e. The topological polar surface area (TPSA) is 153 Å². The summed E-state index contributed by atoms with van der Waals surface area (Å²) < 4.78 is 21.2. The molecule has 248 valence electrons. The Morgan fingerprint density at radius 1 is 0.652 bits per heavy atom. The number of aliphatic carboxylic acids is 1. The summed E-state index contributed by atoms with van der Waals surface area (Å²) in [5.41, 5.74) is 3.39. The Balaban J connectivity index is 1.18. The van der Waals surface area contributed by atoms with Crippen molar-refractivity contribution in [1.82, 2.24) is 10.6 Å². The zero-order valence-corrected chi connectivity index (χ0v) is 26.1. The van der Waals surface area contributed by atoms with Crippen molar-refractivity contribution in [3.05, 3.63) is 65.2 Å². The summed E-state index contributed by atoms with van der Waals surface area (Å²) in [4.78, 5) is 49.7. The Bertz CT molecular complexity index is 1340. The summed E-state index contributed by atoms with van der Waals surface area (Å²) >= 11 is 0. The molecule has 0 aliphatic carbocycles. The minimum atomic E-state index is -0.895. The van der Waals surface area contributed by atoms with Crippen molar-refractivity contribution in [2.45, 2.75) is 38.6 Å². The first-order valence-corrected chi connectivity index (χ1v) is 15.5. The first-order chi connectivity index (χ1) is 22.4. The van der Waals surface area contributed by atoms with Gasteiger partial charge in [-0.3, -0.25) is 19.2 Å². The fourth-order valence-corrected chi connectivity index (χ4v) is 4.42. The Kier molecular flexibility index (Phi) is 16.9. The summed E-state index contributed by atoms with van der Waals surface area (Å²) in [7, 11) is 0. The van der Waals surface area contributed by atoms with E-state index in [1.165, 1.54) is 0 Å². The highest BCUT2D eigenvalue weighted by Gasteiger charge is 2.21. The number of fused-ring (bicyclic) bond motifs is 2. The number of ether oxygens (including phenoxy) is 4. The smallest absolute Gasteiger partial charge is 0.305 e. The molecule has 2 aromatic rings. The van der Waals surface area contributed by atoms with Crippen molar-refractivity contribution in [3.63, 3.8) is 0 Å². The predicted octanol–water partition coefficient (Wildman–Crippen LogP) is 2.27. The zero-order chi connectivity index (χ0) is 32.8. The fourth-order valence-electron chi connectivity index (χ4n) is 4.42. The van der Waals surface area contributed by atoms with Gasteiger partial charge in [0.15, 0.2) is 0 Å². The maximum Gasteiger partial charge on any atom is 0.305 e. The maximum atomic E-state index is 13.2. The molecule has 1 aliphatic heterocycles. The van der Waals surface area contributed by atoms with Crippen molar-refractivity contribution >= 4 is 29.4 Å². The summed E-state index contributed by atoms with van der Waals surface area (Å²) in [5.74, 6) is 5.01. The van der Waals surface area contributed by atoms with Crippen LogP contribution in [0.1, 0.15) is 48.8 Å². The highest BCUT2D eigenvalue weighted by Crippen LogP contribution is 2.25. The van der Waals surface area contributed by atoms with Gasteiger partial charge in [-0.15, -0.1) is 0 Å². The first-order valence-electron chi connectivity index (χ1n) is 15.5. The summed E-state index contributed by atoms with van der Waals surface area (Å²) in [6.45, 7) is 3.73. The highest BCUT2D eigenvalue weighted by molar-refractivity contribution is 5.95. The number of carboxylic acids is 1. The van der Waals surface area contributed by atoms with Crippen LogP contribution in [0, 0.1) is 11.8 Å². The van der Waals surface area contributed by atoms with Crippen molar-refractivity contribution < 1.29 is 43.2 Å². The second kappa shape index (κ2) is 21.5. The third-order valence-corrected chi connectivity index (χ3v) is 6.79. The maximum absolute atomic E-state index is 13.2. The Morgan fingerprint density at radius 3 is 1.87 bits per heavy atom. The van der Waals surface area contributed by atoms with E-state index in [4.69, 9.17) is 24.1 Å². The van der Waals surface area contributed by atoms with E-state index in [0.29, 0.717) is 65.8 Å². The van der Waals surface area contributed by atoms with E-state index < -0.39 is 5.97 Å². The van der Waals surface area contributed by atoms with E-state index in [1.54, 1.807) is 4.90 Å². The first kappa shape index (κ1) is 36.2. The van der Waals surface area contributed by atoms with Gasteiger partial charge in [-0.25, -0.2) is 0 Å². The van der Waals surface area contributed by atoms with Gasteiger partial charge < -0.3 is 39.6 Å². The average molecular weight is 638 g/mol. The van der Waals surface area contributed by atoms with Crippen LogP contribution in [-0.4, -0.2) is 94.7 Å². The monoisotopic (exact) mass is 637 g/mol. The van der Waals surface area contributed by atoms with Crippen LogP contribution in [0.25, 0.3) is 0 Å². The van der Waals surface area contributed by atoms with Gasteiger partial charge in [0.05, 0.1) is 71.5 Å². The molecule has 3 N–H and O–H groups in total. The van der Waals surface area contributed by atoms with Gasteiger partial charge in [0, 0.05) is 43.5 Å². The van der Waals surface area contributed by atoms with Gasteiger partial charge in [0.25, 0.3) is 0 Å². The minimum absolute atomic E-state index is 0.0266. The van der Waals surface area contributed by atoms with Crippen LogP contribution in [0.2, 0.25) is 0 Å². The zero-order valence-electron chi connectivity index (χ0n) is 26.1. The van der Waals surface area contributed by atoms with Crippen LogP contribution in [0.3, 0.4) is 0 Å². The number of carbonyl (C=O) groups is 4. The van der Waals surface area contributed by atoms with Crippen molar-refractivity contribution in [2.75, 3.05) is 70.8 Å². The number of nitrogens with one attached hydrogen (secondary N) is 2. The van der Waals surface area contributed by atoms with Crippen molar-refractivity contribution in [2.24, 2.45) is 0 Å². The number of carbonyl (C=O) groups excluding carboxylic acids is 3. The number of nitrogens with zero attached hydrogens (tertiary/aromatic N) is 1. The molecule has 3 rings (SSSR count). The standard InChI is InChI=1S/C34H43N3O9/c38-31(10-5-11-32(39)36-17-19-44-21-23-46-25-24-45-22-20-43-18-15-34(41)42)35-16-14-33(40)37-26-29-8-2-1-6-27(29)12-13-28-7-3-4-9-30(28)37/h1-4,6-9H,5,10-11,14-26H2,(H,35,38)(H,36,39)(H,41,42). The second-order valence-electron chi connectivity index (χ2n) is 10.3. The number of carboxylic acid groups (broad SMARTS) is 1. The molecule has 0 fully saturated rings. The Labute approximate surface area is 269 Å². The molecule has 1 aliphatic rings. The molecule has 1 heterocycles. The number of hydrogen-bond acceptors (Lipinski definition) is 8. The van der Waals surface area contributed by atoms with E-state index in [0.717, 1.165) is 22.4 Å². The highest BCUT2D eigenvalue weighted by atomic mass is 16.6. The molecule has 12 nitrogen and oxygen atoms in total. The Morgan fingerprint density at radius 2 is 1.20 bits per heavy atom. The largest absolute Gasteiger partial charge is 0.481 e. The lowest BCUT2D eigenvalue weighted by molar-refractivity contribution is -0.138. The molecule has 3 amide bonds. The number of anilines is 1. The van der Waals surface area contributed by atoms with Crippen LogP contribution >= 0.6 is 0 Å². The average Bonchev–Trinajstić information content (AvgIpc) is 3.03. The summed E-state index contributed by atoms with van der Waals surface area (Å²) in [5, 5.41) is 14.1. The second-order valence-corrected chi connectivity index (χ2v) is 10.3. The molecule has 2 aromatic carbocycles. The molecule has 0 atom stereocenters. The van der Waals surface area contributed by atoms with E-state index in [-0.39, 0.29) is 56.6 Å². The van der Waals surface area contributed by atoms with E-state index in [9.17, 15) is 19.2 Å². The summed E-state index contributed by atoms with van der Waals surface area (Å²) in [6, 6.07) is 15.3. The molecular formula is C34H43N3O9. The van der Waals surface area contributed by atoms with E-state index >= 15 is 0 Å². The number of benzene rings is 2. The van der Waals surface area contributed by atoms with E-state index in [1.807, 2.05) is 48.5 Å². The molecule has 0 saturated carbocycles. The molecule has 0 unspecified atom stereocenters. The fraction of sp³-hybridized carbons (Fsp3) is 0.471. The number of para-hydroxylation sites is 1. The van der Waals surface area contributed by atoms with Crippen molar-refractivity contribution in [1.29, 1.82) is 0 Å². The SMILES string of the molecule is O=C(O)CCOCCOCCOCCOCCNC(=O)CCCC(=O)NCCC(=O)N1Cc2ccccc2C#Cc2ccccc21. The molecule has 0 spiro atoms. The Hall–Kier alpha value is -4.28. The third kappa shape index (κ3) is 14.2. The number of rotatable bonds is 22. The van der Waals surface area contributed by atoms with Crippen LogP contribution in [0.4, 0.5) is 5.69 Å². The number of hydrogen-bond donors (Lipinski definition) is 3. The lowest BCUT2D eigenvalue weighted by Gasteiger charge is -2.26. The normalized spacial score (nSPS) is 11.7. The molecule has 0 bridgehead atoms. The number of amides is 3. The van der Waals surface area contributed by atoms with Gasteiger partial charge in [-0.05, 0) is 30.2 Å². The van der Waals surface area contributed by atoms with Crippen LogP contribution < -0.4 is 15.5 Å². The molecule has 0 saturated heterocycles. The van der Waals surface area contributed by atoms with Gasteiger partial charge in [0.2, 0.25) is 17.7 Å². The van der Waals surface area contributed by atoms with E-state index in [2.05, 4.69) is 22.5 Å². The molecular weight excluding hydrogens is 594 g/mol. The van der Waals surface area contributed by atoms with Gasteiger partial charge in [0.1, 0.15) is 0 Å². The molecule has 0 aromatic heterocycles. The molecule has 0 radical (unpaired) electrons. The van der Waals surface area contributed by atoms with Gasteiger partial charge in [-0.2, -0.15) is 0 Å². The van der Waals surface area contributed by atoms with Gasteiger partial charge >= 0.3 is 5.97 Å². The van der Waals surface area contributed by atoms with Gasteiger partial charge in [-0.1, -0.05) is 42.2 Å². The lowest BCUT2D eigenvalue weighted by atomic mass is 10.0. The predicted molar refractivity (Wildman–Crippen MR) is 170 cm³/mol. The molecule has 12 heteroatoms. The van der Waals surface area contributed by atoms with Crippen LogP contribution in [0.15, 0.2) is 48.5 Å². The molecule has 46 heavy (non-hydrogen) atoms. The van der Waals surface area contributed by atoms with Crippen LogP contribution in [0.5, 0.6) is 0 Å². The quantitative estimate of drug-likeness (QED) is 0.130.